The number of ether oxygens (including phenoxy) is 1. The average molecular weight is 290 g/mol. The number of thioether (sulfide) groups is 1. The van der Waals surface area contributed by atoms with Crippen molar-refractivity contribution in [2.75, 3.05) is 13.4 Å². The smallest absolute Gasteiger partial charge is 0.362 e. The second-order valence-electron chi connectivity index (χ2n) is 4.10. The van der Waals surface area contributed by atoms with Gasteiger partial charge >= 0.3 is 5.97 Å². The Hall–Kier alpha value is -2.08. The first kappa shape index (κ1) is 14.3. The summed E-state index contributed by atoms with van der Waals surface area (Å²) < 4.78 is 6.12. The van der Waals surface area contributed by atoms with Crippen LogP contribution in [0, 0.1) is 6.92 Å². The normalized spacial score (nSPS) is 10.3. The molecule has 6 heteroatoms. The highest BCUT2D eigenvalue weighted by atomic mass is 32.2. The monoisotopic (exact) mass is 290 g/mol. The van der Waals surface area contributed by atoms with Gasteiger partial charge in [-0.25, -0.2) is 9.48 Å². The Labute approximate surface area is 120 Å². The Morgan fingerprint density at radius 3 is 2.50 bits per heavy atom. The van der Waals surface area contributed by atoms with Gasteiger partial charge in [0.25, 0.3) is 0 Å². The van der Waals surface area contributed by atoms with Crippen LogP contribution in [0.1, 0.15) is 16.2 Å². The van der Waals surface area contributed by atoms with Crippen molar-refractivity contribution >= 4 is 17.7 Å². The van der Waals surface area contributed by atoms with Gasteiger partial charge in [-0.05, 0) is 37.4 Å². The summed E-state index contributed by atoms with van der Waals surface area (Å²) in [5.41, 5.74) is 0.781. The largest absolute Gasteiger partial charge is 0.464 e. The van der Waals surface area contributed by atoms with Gasteiger partial charge < -0.3 is 4.74 Å². The lowest BCUT2D eigenvalue weighted by Crippen LogP contribution is -2.23. The minimum absolute atomic E-state index is 0.216. The second kappa shape index (κ2) is 5.92. The summed E-state index contributed by atoms with van der Waals surface area (Å²) >= 11 is 1.64. The van der Waals surface area contributed by atoms with Crippen LogP contribution in [0.5, 0.6) is 0 Å². The summed E-state index contributed by atoms with van der Waals surface area (Å²) in [7, 11) is 1.22. The molecule has 1 aromatic carbocycles. The van der Waals surface area contributed by atoms with Crippen LogP contribution in [0.3, 0.4) is 0 Å². The summed E-state index contributed by atoms with van der Waals surface area (Å²) in [6.07, 6.45) is 1.99. The Morgan fingerprint density at radius 1 is 1.30 bits per heavy atom. The number of benzene rings is 1. The molecule has 0 spiro atoms. The van der Waals surface area contributed by atoms with Gasteiger partial charge in [-0.1, -0.05) is 0 Å². The summed E-state index contributed by atoms with van der Waals surface area (Å²) in [5, 5.41) is 4.09. The van der Waals surface area contributed by atoms with Crippen LogP contribution in [0.4, 0.5) is 0 Å². The van der Waals surface area contributed by atoms with Crippen LogP contribution in [0.2, 0.25) is 0 Å². The summed E-state index contributed by atoms with van der Waals surface area (Å²) in [6, 6.07) is 9.06. The zero-order valence-electron chi connectivity index (χ0n) is 11.4. The predicted octanol–water partition coefficient (Wildman–Crippen LogP) is 2.05. The molecule has 0 saturated carbocycles. The Morgan fingerprint density at radius 2 is 1.95 bits per heavy atom. The van der Waals surface area contributed by atoms with E-state index in [1.165, 1.54) is 13.2 Å². The van der Waals surface area contributed by atoms with E-state index in [0.717, 1.165) is 10.6 Å². The molecule has 0 saturated heterocycles. The van der Waals surface area contributed by atoms with Crippen molar-refractivity contribution < 1.29 is 9.53 Å². The van der Waals surface area contributed by atoms with Crippen LogP contribution < -0.4 is 5.43 Å². The fourth-order valence-electron chi connectivity index (χ4n) is 1.77. The quantitative estimate of drug-likeness (QED) is 0.639. The lowest BCUT2D eigenvalue weighted by molar-refractivity contribution is 0.0590. The molecule has 20 heavy (non-hydrogen) atoms. The predicted molar refractivity (Wildman–Crippen MR) is 77.7 cm³/mol. The number of hydrogen-bond donors (Lipinski definition) is 0. The Bertz CT molecular complexity index is 693. The van der Waals surface area contributed by atoms with Crippen molar-refractivity contribution in [3.8, 4) is 5.69 Å². The van der Waals surface area contributed by atoms with E-state index < -0.39 is 11.4 Å². The third kappa shape index (κ3) is 2.75. The van der Waals surface area contributed by atoms with Crippen LogP contribution in [0.25, 0.3) is 5.69 Å². The zero-order chi connectivity index (χ0) is 14.7. The van der Waals surface area contributed by atoms with Crippen LogP contribution in [0.15, 0.2) is 40.0 Å². The molecule has 0 bridgehead atoms. The third-order valence-corrected chi connectivity index (χ3v) is 3.55. The van der Waals surface area contributed by atoms with E-state index in [4.69, 9.17) is 0 Å². The van der Waals surface area contributed by atoms with Crippen molar-refractivity contribution in [3.05, 3.63) is 51.9 Å². The number of nitrogens with zero attached hydrogens (tertiary/aromatic N) is 2. The zero-order valence-corrected chi connectivity index (χ0v) is 12.2. The second-order valence-corrected chi connectivity index (χ2v) is 4.98. The molecule has 0 aliphatic heterocycles. The molecular weight excluding hydrogens is 276 g/mol. The minimum atomic E-state index is -0.732. The number of esters is 1. The molecule has 0 radical (unpaired) electrons. The van der Waals surface area contributed by atoms with E-state index in [1.54, 1.807) is 23.4 Å². The van der Waals surface area contributed by atoms with Gasteiger partial charge in [-0.15, -0.1) is 11.8 Å². The summed E-state index contributed by atoms with van der Waals surface area (Å²) in [4.78, 5) is 24.4. The van der Waals surface area contributed by atoms with Crippen LogP contribution in [-0.4, -0.2) is 29.1 Å². The lowest BCUT2D eigenvalue weighted by atomic mass is 10.3. The highest BCUT2D eigenvalue weighted by Crippen LogP contribution is 2.17. The van der Waals surface area contributed by atoms with Crippen molar-refractivity contribution in [2.45, 2.75) is 11.8 Å². The van der Waals surface area contributed by atoms with Gasteiger partial charge in [-0.3, -0.25) is 4.79 Å². The van der Waals surface area contributed by atoms with Crippen LogP contribution >= 0.6 is 11.8 Å². The molecule has 0 aliphatic carbocycles. The topological polar surface area (TPSA) is 61.2 Å². The van der Waals surface area contributed by atoms with E-state index >= 15 is 0 Å². The molecule has 5 nitrogen and oxygen atoms in total. The molecule has 0 fully saturated rings. The first-order valence-corrected chi connectivity index (χ1v) is 7.13. The van der Waals surface area contributed by atoms with Crippen LogP contribution in [-0.2, 0) is 4.74 Å². The molecule has 0 N–H and O–H groups in total. The maximum absolute atomic E-state index is 11.7. The fourth-order valence-corrected chi connectivity index (χ4v) is 2.18. The number of aryl methyl sites for hydroxylation is 1. The van der Waals surface area contributed by atoms with E-state index in [2.05, 4.69) is 9.84 Å². The van der Waals surface area contributed by atoms with E-state index in [1.807, 2.05) is 30.5 Å². The average Bonchev–Trinajstić information content (AvgIpc) is 2.47. The van der Waals surface area contributed by atoms with Crippen molar-refractivity contribution in [1.82, 2.24) is 9.78 Å². The molecular formula is C14H14N2O3S. The molecule has 0 amide bonds. The number of hydrogen-bond acceptors (Lipinski definition) is 5. The highest BCUT2D eigenvalue weighted by molar-refractivity contribution is 7.98. The van der Waals surface area contributed by atoms with Gasteiger partial charge in [-0.2, -0.15) is 5.10 Å². The Balaban J connectivity index is 2.55. The van der Waals surface area contributed by atoms with Gasteiger partial charge in [0.05, 0.1) is 12.8 Å². The first-order chi connectivity index (χ1) is 9.56. The minimum Gasteiger partial charge on any atom is -0.464 e. The molecule has 0 aliphatic rings. The summed E-state index contributed by atoms with van der Waals surface area (Å²) in [5.74, 6) is -0.732. The van der Waals surface area contributed by atoms with E-state index in [-0.39, 0.29) is 5.69 Å². The van der Waals surface area contributed by atoms with E-state index in [9.17, 15) is 9.59 Å². The fraction of sp³-hybridized carbons (Fsp3) is 0.214. The molecule has 1 heterocycles. The molecule has 2 aromatic rings. The van der Waals surface area contributed by atoms with Crippen molar-refractivity contribution in [1.29, 1.82) is 0 Å². The molecule has 104 valence electrons. The summed E-state index contributed by atoms with van der Waals surface area (Å²) in [6.45, 7) is 1.76. The maximum Gasteiger partial charge on any atom is 0.362 e. The number of carbonyl (C=O) groups excluding carboxylic acids is 1. The number of rotatable bonds is 3. The molecule has 1 aromatic heterocycles. The molecule has 0 atom stereocenters. The standard InChI is InChI=1S/C14H14N2O3S/c1-9-8-12(17)13(14(18)19-2)15-16(9)10-4-6-11(20-3)7-5-10/h4-8H,1-3H3. The first-order valence-electron chi connectivity index (χ1n) is 5.90. The SMILES string of the molecule is COC(=O)c1nn(-c2ccc(SC)cc2)c(C)cc1=O. The number of aromatic nitrogens is 2. The van der Waals surface area contributed by atoms with Crippen molar-refractivity contribution in [3.63, 3.8) is 0 Å². The Kier molecular flexibility index (Phi) is 4.24. The lowest BCUT2D eigenvalue weighted by Gasteiger charge is -2.10. The van der Waals surface area contributed by atoms with Gasteiger partial charge in [0.15, 0.2) is 0 Å². The van der Waals surface area contributed by atoms with Gasteiger partial charge in [0.2, 0.25) is 11.1 Å². The number of carbonyl (C=O) groups is 1. The van der Waals surface area contributed by atoms with E-state index in [0.29, 0.717) is 5.69 Å². The number of methoxy groups -OCH3 is 1. The highest BCUT2D eigenvalue weighted by Gasteiger charge is 2.15. The van der Waals surface area contributed by atoms with Gasteiger partial charge in [0, 0.05) is 16.7 Å². The van der Waals surface area contributed by atoms with Crippen molar-refractivity contribution in [2.24, 2.45) is 0 Å². The van der Waals surface area contributed by atoms with Gasteiger partial charge in [0.1, 0.15) is 0 Å². The third-order valence-electron chi connectivity index (χ3n) is 2.80. The maximum atomic E-state index is 11.7. The molecule has 2 rings (SSSR count). The molecule has 0 unspecified atom stereocenters.